The number of nitriles is 1. The fraction of sp³-hybridized carbons (Fsp3) is 0.462. The molecule has 0 bridgehead atoms. The van der Waals surface area contributed by atoms with Gasteiger partial charge >= 0.3 is 0 Å². The molecule has 0 aliphatic carbocycles. The normalized spacial score (nSPS) is 17.9. The van der Waals surface area contributed by atoms with E-state index < -0.39 is 0 Å². The summed E-state index contributed by atoms with van der Waals surface area (Å²) in [6, 6.07) is 5.70. The van der Waals surface area contributed by atoms with Crippen LogP contribution in [-0.4, -0.2) is 13.1 Å². The molecule has 0 amide bonds. The maximum absolute atomic E-state index is 8.84. The summed E-state index contributed by atoms with van der Waals surface area (Å²) in [7, 11) is 0. The maximum Gasteiger partial charge on any atom is 0.0675 e. The SMILES string of the molecule is CC.N#CC1CCN(c2cc(N)c(N)cc2Cl)C1. The molecule has 4 N–H and O–H groups in total. The zero-order chi connectivity index (χ0) is 13.7. The van der Waals surface area contributed by atoms with Crippen LogP contribution < -0.4 is 16.4 Å². The van der Waals surface area contributed by atoms with Crippen molar-refractivity contribution in [2.24, 2.45) is 5.92 Å². The highest BCUT2D eigenvalue weighted by Gasteiger charge is 2.24. The molecule has 0 spiro atoms. The van der Waals surface area contributed by atoms with E-state index in [0.717, 1.165) is 18.7 Å². The molecule has 1 unspecified atom stereocenters. The van der Waals surface area contributed by atoms with Crippen LogP contribution in [-0.2, 0) is 0 Å². The molecule has 0 radical (unpaired) electrons. The highest BCUT2D eigenvalue weighted by atomic mass is 35.5. The Bertz CT molecular complexity index is 453. The monoisotopic (exact) mass is 266 g/mol. The molecule has 1 aliphatic heterocycles. The van der Waals surface area contributed by atoms with E-state index >= 15 is 0 Å². The second-order valence-corrected chi connectivity index (χ2v) is 4.40. The van der Waals surface area contributed by atoms with Gasteiger partial charge in [-0.15, -0.1) is 0 Å². The highest BCUT2D eigenvalue weighted by molar-refractivity contribution is 6.33. The zero-order valence-corrected chi connectivity index (χ0v) is 11.5. The van der Waals surface area contributed by atoms with Gasteiger partial charge in [-0.1, -0.05) is 25.4 Å². The number of hydrogen-bond donors (Lipinski definition) is 2. The first-order valence-electron chi connectivity index (χ1n) is 6.11. The summed E-state index contributed by atoms with van der Waals surface area (Å²) in [6.07, 6.45) is 0.872. The third-order valence-electron chi connectivity index (χ3n) is 2.86. The molecule has 4 nitrogen and oxygen atoms in total. The minimum atomic E-state index is 0.0786. The van der Waals surface area contributed by atoms with Crippen LogP contribution in [0.3, 0.4) is 0 Å². The minimum Gasteiger partial charge on any atom is -0.397 e. The van der Waals surface area contributed by atoms with Gasteiger partial charge in [0.25, 0.3) is 0 Å². The van der Waals surface area contributed by atoms with Gasteiger partial charge in [0.1, 0.15) is 0 Å². The third kappa shape index (κ3) is 2.99. The van der Waals surface area contributed by atoms with Gasteiger partial charge in [-0.2, -0.15) is 5.26 Å². The molecule has 1 aliphatic rings. The summed E-state index contributed by atoms with van der Waals surface area (Å²) in [5, 5.41) is 9.43. The van der Waals surface area contributed by atoms with Gasteiger partial charge < -0.3 is 16.4 Å². The molecule has 0 saturated carbocycles. The standard InChI is InChI=1S/C11H13ClN4.C2H6/c12-8-3-9(14)10(15)4-11(8)16-2-1-7(5-13)6-16;1-2/h3-4,7H,1-2,6,14-15H2;1-2H3. The van der Waals surface area contributed by atoms with Crippen molar-refractivity contribution in [1.29, 1.82) is 5.26 Å². The van der Waals surface area contributed by atoms with E-state index in [-0.39, 0.29) is 5.92 Å². The second-order valence-electron chi connectivity index (χ2n) is 3.99. The molecule has 1 aromatic carbocycles. The lowest BCUT2D eigenvalue weighted by atomic mass is 10.1. The number of halogens is 1. The first kappa shape index (κ1) is 14.5. The van der Waals surface area contributed by atoms with Crippen LogP contribution in [0.5, 0.6) is 0 Å². The Morgan fingerprint density at radius 1 is 1.33 bits per heavy atom. The fourth-order valence-electron chi connectivity index (χ4n) is 1.92. The number of rotatable bonds is 1. The van der Waals surface area contributed by atoms with Crippen molar-refractivity contribution in [2.45, 2.75) is 20.3 Å². The quantitative estimate of drug-likeness (QED) is 0.766. The Morgan fingerprint density at radius 2 is 1.94 bits per heavy atom. The highest BCUT2D eigenvalue weighted by Crippen LogP contribution is 2.34. The molecule has 5 heteroatoms. The third-order valence-corrected chi connectivity index (χ3v) is 3.17. The van der Waals surface area contributed by atoms with E-state index in [4.69, 9.17) is 28.3 Å². The lowest BCUT2D eigenvalue weighted by molar-refractivity contribution is 0.755. The number of anilines is 3. The van der Waals surface area contributed by atoms with Crippen molar-refractivity contribution < 1.29 is 0 Å². The fourth-order valence-corrected chi connectivity index (χ4v) is 2.21. The molecule has 1 atom stereocenters. The molecule has 18 heavy (non-hydrogen) atoms. The Morgan fingerprint density at radius 3 is 2.50 bits per heavy atom. The van der Waals surface area contributed by atoms with Crippen molar-refractivity contribution >= 4 is 28.7 Å². The summed E-state index contributed by atoms with van der Waals surface area (Å²) in [5.74, 6) is 0.0786. The maximum atomic E-state index is 8.84. The number of nitrogens with zero attached hydrogens (tertiary/aromatic N) is 2. The Kier molecular flexibility index (Phi) is 5.11. The molecule has 1 aromatic rings. The summed E-state index contributed by atoms with van der Waals surface area (Å²) in [5.41, 5.74) is 13.3. The molecule has 2 rings (SSSR count). The lowest BCUT2D eigenvalue weighted by Crippen LogP contribution is -2.20. The Labute approximate surface area is 113 Å². The average molecular weight is 267 g/mol. The molecule has 1 saturated heterocycles. The molecule has 1 heterocycles. The first-order valence-corrected chi connectivity index (χ1v) is 6.48. The molecular formula is C13H19ClN4. The summed E-state index contributed by atoms with van der Waals surface area (Å²) < 4.78 is 0. The lowest BCUT2D eigenvalue weighted by Gasteiger charge is -2.20. The predicted molar refractivity (Wildman–Crippen MR) is 77.6 cm³/mol. The van der Waals surface area contributed by atoms with Crippen molar-refractivity contribution in [2.75, 3.05) is 29.5 Å². The van der Waals surface area contributed by atoms with E-state index in [2.05, 4.69) is 11.0 Å². The second kappa shape index (κ2) is 6.36. The van der Waals surface area contributed by atoms with E-state index in [0.29, 0.717) is 22.9 Å². The van der Waals surface area contributed by atoms with E-state index in [9.17, 15) is 0 Å². The van der Waals surface area contributed by atoms with Gasteiger partial charge in [-0.3, -0.25) is 0 Å². The molecule has 98 valence electrons. The summed E-state index contributed by atoms with van der Waals surface area (Å²) in [6.45, 7) is 5.54. The molecule has 0 aromatic heterocycles. The van der Waals surface area contributed by atoms with Crippen LogP contribution in [0, 0.1) is 17.2 Å². The zero-order valence-electron chi connectivity index (χ0n) is 10.8. The van der Waals surface area contributed by atoms with Gasteiger partial charge in [0.15, 0.2) is 0 Å². The van der Waals surface area contributed by atoms with Gasteiger partial charge in [-0.25, -0.2) is 0 Å². The van der Waals surface area contributed by atoms with E-state index in [1.807, 2.05) is 13.8 Å². The van der Waals surface area contributed by atoms with E-state index in [1.54, 1.807) is 12.1 Å². The number of nitrogens with two attached hydrogens (primary N) is 2. The summed E-state index contributed by atoms with van der Waals surface area (Å²) >= 11 is 6.11. The van der Waals surface area contributed by atoms with Crippen LogP contribution in [0.4, 0.5) is 17.1 Å². The van der Waals surface area contributed by atoms with Crippen LogP contribution in [0.2, 0.25) is 5.02 Å². The van der Waals surface area contributed by atoms with Crippen molar-refractivity contribution in [3.05, 3.63) is 17.2 Å². The average Bonchev–Trinajstić information content (AvgIpc) is 2.85. The number of nitrogen functional groups attached to an aromatic ring is 2. The minimum absolute atomic E-state index is 0.0786. The topological polar surface area (TPSA) is 79.1 Å². The molecule has 1 fully saturated rings. The van der Waals surface area contributed by atoms with E-state index in [1.165, 1.54) is 0 Å². The van der Waals surface area contributed by atoms with Gasteiger partial charge in [0.2, 0.25) is 0 Å². The number of hydrogen-bond acceptors (Lipinski definition) is 4. The predicted octanol–water partition coefficient (Wildman–Crippen LogP) is 2.88. The van der Waals surface area contributed by atoms with Crippen LogP contribution in [0.25, 0.3) is 0 Å². The van der Waals surface area contributed by atoms with Gasteiger partial charge in [0, 0.05) is 13.1 Å². The van der Waals surface area contributed by atoms with Gasteiger partial charge in [-0.05, 0) is 18.6 Å². The van der Waals surface area contributed by atoms with Crippen molar-refractivity contribution in [3.63, 3.8) is 0 Å². The smallest absolute Gasteiger partial charge is 0.0675 e. The van der Waals surface area contributed by atoms with Crippen LogP contribution >= 0.6 is 11.6 Å². The van der Waals surface area contributed by atoms with Crippen molar-refractivity contribution in [3.8, 4) is 6.07 Å². The van der Waals surface area contributed by atoms with Crippen LogP contribution in [0.15, 0.2) is 12.1 Å². The first-order chi connectivity index (χ1) is 8.61. The van der Waals surface area contributed by atoms with Crippen LogP contribution in [0.1, 0.15) is 20.3 Å². The molecular weight excluding hydrogens is 248 g/mol. The van der Waals surface area contributed by atoms with Crippen molar-refractivity contribution in [1.82, 2.24) is 0 Å². The van der Waals surface area contributed by atoms with Gasteiger partial charge in [0.05, 0.1) is 34.1 Å². The Hall–Kier alpha value is -1.60. The summed E-state index contributed by atoms with van der Waals surface area (Å²) in [4.78, 5) is 2.08. The Balaban J connectivity index is 0.000000771. The largest absolute Gasteiger partial charge is 0.397 e. The number of benzene rings is 1.